The molecule has 0 heterocycles. The van der Waals surface area contributed by atoms with Crippen molar-refractivity contribution in [3.63, 3.8) is 0 Å². The van der Waals surface area contributed by atoms with Gasteiger partial charge in [0.05, 0.1) is 0 Å². The van der Waals surface area contributed by atoms with Crippen molar-refractivity contribution in [2.24, 2.45) is 11.3 Å². The normalized spacial score (nSPS) is 18.4. The first-order chi connectivity index (χ1) is 14.9. The Morgan fingerprint density at radius 1 is 0.562 bits per heavy atom. The van der Waals surface area contributed by atoms with E-state index >= 15 is 8.78 Å². The Morgan fingerprint density at radius 3 is 1.41 bits per heavy atom. The van der Waals surface area contributed by atoms with Crippen LogP contribution in [0.15, 0.2) is 0 Å². The van der Waals surface area contributed by atoms with E-state index in [0.717, 1.165) is 64.2 Å². The van der Waals surface area contributed by atoms with Crippen molar-refractivity contribution in [3.8, 4) is 0 Å². The smallest absolute Gasteiger partial charge is 0.116 e. The predicted octanol–water partition coefficient (Wildman–Crippen LogP) is 11.1. The van der Waals surface area contributed by atoms with Crippen LogP contribution in [0.1, 0.15) is 158 Å². The summed E-state index contributed by atoms with van der Waals surface area (Å²) in [5.41, 5.74) is -3.80. The molecule has 32 heavy (non-hydrogen) atoms. The lowest BCUT2D eigenvalue weighted by Crippen LogP contribution is -2.42. The van der Waals surface area contributed by atoms with Gasteiger partial charge >= 0.3 is 0 Å². The van der Waals surface area contributed by atoms with E-state index in [1.54, 1.807) is 6.92 Å². The summed E-state index contributed by atoms with van der Waals surface area (Å²) in [4.78, 5) is 0. The summed E-state index contributed by atoms with van der Waals surface area (Å²) in [6.45, 7) is 16.2. The number of hydrogen-bond acceptors (Lipinski definition) is 0. The molecule has 0 fully saturated rings. The van der Waals surface area contributed by atoms with Gasteiger partial charge in [-0.3, -0.25) is 0 Å². The number of halogens is 3. The first-order valence-corrected chi connectivity index (χ1v) is 14.0. The van der Waals surface area contributed by atoms with Crippen molar-refractivity contribution in [2.45, 2.75) is 175 Å². The van der Waals surface area contributed by atoms with Crippen LogP contribution in [0.5, 0.6) is 0 Å². The van der Waals surface area contributed by atoms with E-state index in [2.05, 4.69) is 41.5 Å². The van der Waals surface area contributed by atoms with Gasteiger partial charge < -0.3 is 0 Å². The van der Waals surface area contributed by atoms with Gasteiger partial charge in [-0.2, -0.15) is 0 Å². The topological polar surface area (TPSA) is 0 Å². The molecule has 3 atom stereocenters. The Labute approximate surface area is 199 Å². The van der Waals surface area contributed by atoms with Gasteiger partial charge in [-0.1, -0.05) is 99.8 Å². The molecule has 0 aromatic heterocycles. The summed E-state index contributed by atoms with van der Waals surface area (Å²) in [5, 5.41) is 0. The van der Waals surface area contributed by atoms with Crippen LogP contribution in [0.25, 0.3) is 0 Å². The van der Waals surface area contributed by atoms with E-state index in [-0.39, 0.29) is 11.3 Å². The Bertz CT molecular complexity index is 467. The average Bonchev–Trinajstić information content (AvgIpc) is 2.74. The third-order valence-corrected chi connectivity index (χ3v) is 8.73. The quantitative estimate of drug-likeness (QED) is 0.158. The van der Waals surface area contributed by atoms with Crippen molar-refractivity contribution in [1.29, 1.82) is 0 Å². The fraction of sp³-hybridized carbons (Fsp3) is 1.00. The molecule has 0 rings (SSSR count). The lowest BCUT2D eigenvalue weighted by Gasteiger charge is -2.43. The van der Waals surface area contributed by atoms with Crippen LogP contribution in [-0.4, -0.2) is 17.0 Å². The maximum Gasteiger partial charge on any atom is 0.116 e. The van der Waals surface area contributed by atoms with Crippen molar-refractivity contribution in [2.75, 3.05) is 0 Å². The molecule has 0 saturated heterocycles. The van der Waals surface area contributed by atoms with Crippen LogP contribution >= 0.6 is 0 Å². The number of rotatable bonds is 20. The molecular formula is C29H57F3. The third kappa shape index (κ3) is 9.57. The summed E-state index contributed by atoms with van der Waals surface area (Å²) in [7, 11) is 0. The van der Waals surface area contributed by atoms with Crippen LogP contribution in [0.4, 0.5) is 13.2 Å². The molecule has 0 spiro atoms. The van der Waals surface area contributed by atoms with E-state index in [0.29, 0.717) is 38.5 Å². The molecule has 0 aliphatic heterocycles. The SMILES string of the molecule is CCCC(C)(F)CCCCC(F)(CCCCC(F)(CCC)C(C)(CC)CC)C(CC)CC. The summed E-state index contributed by atoms with van der Waals surface area (Å²) < 4.78 is 46.7. The minimum Gasteiger partial charge on any atom is -0.244 e. The van der Waals surface area contributed by atoms with Gasteiger partial charge in [0.15, 0.2) is 0 Å². The highest BCUT2D eigenvalue weighted by Crippen LogP contribution is 2.47. The predicted molar refractivity (Wildman–Crippen MR) is 137 cm³/mol. The molecule has 3 unspecified atom stereocenters. The molecule has 194 valence electrons. The fourth-order valence-electron chi connectivity index (χ4n) is 5.94. The summed E-state index contributed by atoms with van der Waals surface area (Å²) in [5.74, 6) is 0.0391. The van der Waals surface area contributed by atoms with E-state index in [1.165, 1.54) is 0 Å². The lowest BCUT2D eigenvalue weighted by molar-refractivity contribution is -0.0235. The minimum atomic E-state index is -1.20. The first kappa shape index (κ1) is 31.8. The molecule has 0 amide bonds. The zero-order valence-electron chi connectivity index (χ0n) is 23.0. The van der Waals surface area contributed by atoms with E-state index < -0.39 is 17.0 Å². The highest BCUT2D eigenvalue weighted by molar-refractivity contribution is 4.95. The van der Waals surface area contributed by atoms with Crippen molar-refractivity contribution in [3.05, 3.63) is 0 Å². The molecule has 0 aromatic rings. The Kier molecular flexibility index (Phi) is 14.8. The molecule has 3 heteroatoms. The second kappa shape index (κ2) is 14.9. The van der Waals surface area contributed by atoms with Gasteiger partial charge in [0.1, 0.15) is 17.0 Å². The second-order valence-electron chi connectivity index (χ2n) is 11.1. The summed E-state index contributed by atoms with van der Waals surface area (Å²) >= 11 is 0. The zero-order chi connectivity index (χ0) is 24.9. The summed E-state index contributed by atoms with van der Waals surface area (Å²) in [6.07, 6.45) is 11.3. The third-order valence-electron chi connectivity index (χ3n) is 8.73. The van der Waals surface area contributed by atoms with Crippen molar-refractivity contribution < 1.29 is 13.2 Å². The van der Waals surface area contributed by atoms with Gasteiger partial charge in [-0.25, -0.2) is 13.2 Å². The molecule has 0 aliphatic rings. The van der Waals surface area contributed by atoms with Gasteiger partial charge in [0, 0.05) is 5.41 Å². The zero-order valence-corrected chi connectivity index (χ0v) is 23.0. The van der Waals surface area contributed by atoms with Crippen LogP contribution in [-0.2, 0) is 0 Å². The van der Waals surface area contributed by atoms with Crippen LogP contribution < -0.4 is 0 Å². The van der Waals surface area contributed by atoms with E-state index in [9.17, 15) is 4.39 Å². The van der Waals surface area contributed by atoms with Gasteiger partial charge in [-0.15, -0.1) is 0 Å². The maximum atomic E-state index is 16.2. The number of alkyl halides is 3. The standard InChI is InChI=1S/C29H57F3/c1-9-19-27(8,30)21-15-16-22-28(31,25(11-3)12-4)23-17-18-24-29(32,20-10-2)26(7,13-5)14-6/h25H,9-24H2,1-8H3. The maximum absolute atomic E-state index is 16.2. The Morgan fingerprint density at radius 2 is 1.00 bits per heavy atom. The van der Waals surface area contributed by atoms with Crippen LogP contribution in [0, 0.1) is 11.3 Å². The van der Waals surface area contributed by atoms with Crippen LogP contribution in [0.3, 0.4) is 0 Å². The monoisotopic (exact) mass is 462 g/mol. The molecular weight excluding hydrogens is 405 g/mol. The van der Waals surface area contributed by atoms with E-state index in [1.807, 2.05) is 6.92 Å². The van der Waals surface area contributed by atoms with Gasteiger partial charge in [-0.05, 0) is 64.2 Å². The Balaban J connectivity index is 4.99. The molecule has 0 N–H and O–H groups in total. The fourth-order valence-corrected chi connectivity index (χ4v) is 5.94. The minimum absolute atomic E-state index is 0.0391. The van der Waals surface area contributed by atoms with Gasteiger partial charge in [0.25, 0.3) is 0 Å². The van der Waals surface area contributed by atoms with Gasteiger partial charge in [0.2, 0.25) is 0 Å². The molecule has 0 radical (unpaired) electrons. The largest absolute Gasteiger partial charge is 0.244 e. The number of hydrogen-bond donors (Lipinski definition) is 0. The highest BCUT2D eigenvalue weighted by atomic mass is 19.2. The van der Waals surface area contributed by atoms with Crippen LogP contribution in [0.2, 0.25) is 0 Å². The first-order valence-electron chi connectivity index (χ1n) is 14.0. The lowest BCUT2D eigenvalue weighted by atomic mass is 9.66. The average molecular weight is 463 g/mol. The molecule has 0 aliphatic carbocycles. The Hall–Kier alpha value is -0.210. The highest BCUT2D eigenvalue weighted by Gasteiger charge is 2.45. The second-order valence-corrected chi connectivity index (χ2v) is 11.1. The molecule has 0 bridgehead atoms. The van der Waals surface area contributed by atoms with Crippen molar-refractivity contribution >= 4 is 0 Å². The summed E-state index contributed by atoms with van der Waals surface area (Å²) in [6, 6.07) is 0. The number of unbranched alkanes of at least 4 members (excludes halogenated alkanes) is 2. The molecule has 0 saturated carbocycles. The molecule has 0 nitrogen and oxygen atoms in total. The molecule has 0 aromatic carbocycles. The van der Waals surface area contributed by atoms with E-state index in [4.69, 9.17) is 0 Å². The van der Waals surface area contributed by atoms with Crippen molar-refractivity contribution in [1.82, 2.24) is 0 Å².